The Kier molecular flexibility index (Phi) is 4.48. The Balaban J connectivity index is 2.11. The maximum absolute atomic E-state index is 12.0. The molecule has 0 saturated heterocycles. The van der Waals surface area contributed by atoms with E-state index in [0.29, 0.717) is 10.7 Å². The van der Waals surface area contributed by atoms with E-state index in [1.807, 2.05) is 49.5 Å². The van der Waals surface area contributed by atoms with E-state index in [-0.39, 0.29) is 5.78 Å². The van der Waals surface area contributed by atoms with Crippen molar-refractivity contribution in [2.24, 2.45) is 0 Å². The number of carbonyl (C=O) groups is 1. The summed E-state index contributed by atoms with van der Waals surface area (Å²) in [5.74, 6) is -0.0879. The van der Waals surface area contributed by atoms with E-state index in [4.69, 9.17) is 11.6 Å². The van der Waals surface area contributed by atoms with E-state index in [0.717, 1.165) is 5.69 Å². The highest BCUT2D eigenvalue weighted by atomic mass is 35.5. The van der Waals surface area contributed by atoms with Gasteiger partial charge in [-0.1, -0.05) is 17.7 Å². The van der Waals surface area contributed by atoms with Gasteiger partial charge in [-0.05, 0) is 30.4 Å². The van der Waals surface area contributed by atoms with Crippen LogP contribution >= 0.6 is 11.6 Å². The summed E-state index contributed by atoms with van der Waals surface area (Å²) < 4.78 is 0. The van der Waals surface area contributed by atoms with Crippen LogP contribution in [0.3, 0.4) is 0 Å². The first kappa shape index (κ1) is 14.2. The number of halogens is 1. The molecule has 4 nitrogen and oxygen atoms in total. The second kappa shape index (κ2) is 6.30. The van der Waals surface area contributed by atoms with Gasteiger partial charge >= 0.3 is 0 Å². The van der Waals surface area contributed by atoms with Gasteiger partial charge in [-0.3, -0.25) is 15.2 Å². The molecule has 2 rings (SSSR count). The summed E-state index contributed by atoms with van der Waals surface area (Å²) in [5, 5.41) is 2.40. The van der Waals surface area contributed by atoms with Crippen molar-refractivity contribution >= 4 is 23.1 Å². The van der Waals surface area contributed by atoms with Crippen molar-refractivity contribution in [3.05, 3.63) is 65.6 Å². The van der Waals surface area contributed by atoms with E-state index in [1.54, 1.807) is 23.4 Å². The molecule has 104 valence electrons. The number of benzene rings is 1. The molecular formula is C15H16ClN3O. The van der Waals surface area contributed by atoms with Gasteiger partial charge in [-0.25, -0.2) is 0 Å². The van der Waals surface area contributed by atoms with Crippen LogP contribution in [0, 0.1) is 0 Å². The van der Waals surface area contributed by atoms with Crippen LogP contribution in [0.15, 0.2) is 60.6 Å². The van der Waals surface area contributed by atoms with Crippen LogP contribution in [-0.2, 0) is 4.79 Å². The minimum Gasteiger partial charge on any atom is -0.383 e. The van der Waals surface area contributed by atoms with Gasteiger partial charge in [-0.15, -0.1) is 0 Å². The van der Waals surface area contributed by atoms with Crippen LogP contribution in [0.1, 0.15) is 0 Å². The second-order valence-electron chi connectivity index (χ2n) is 4.53. The van der Waals surface area contributed by atoms with Gasteiger partial charge in [0.2, 0.25) is 5.78 Å². The highest BCUT2D eigenvalue weighted by Crippen LogP contribution is 2.20. The molecule has 0 aliphatic carbocycles. The third-order valence-electron chi connectivity index (χ3n) is 2.61. The monoisotopic (exact) mass is 289 g/mol. The van der Waals surface area contributed by atoms with Gasteiger partial charge in [0.25, 0.3) is 0 Å². The van der Waals surface area contributed by atoms with Crippen molar-refractivity contribution < 1.29 is 4.79 Å². The first-order valence-electron chi connectivity index (χ1n) is 6.15. The summed E-state index contributed by atoms with van der Waals surface area (Å²) in [5.41, 5.74) is 4.42. The molecule has 0 aromatic heterocycles. The normalized spacial score (nSPS) is 14.2. The van der Waals surface area contributed by atoms with E-state index in [2.05, 4.69) is 5.43 Å². The number of hydrogen-bond donors (Lipinski definition) is 1. The molecule has 1 N–H and O–H groups in total. The zero-order chi connectivity index (χ0) is 14.5. The molecule has 0 saturated carbocycles. The van der Waals surface area contributed by atoms with Crippen molar-refractivity contribution in [3.8, 4) is 0 Å². The van der Waals surface area contributed by atoms with Gasteiger partial charge in [0.1, 0.15) is 5.70 Å². The van der Waals surface area contributed by atoms with Crippen molar-refractivity contribution in [2.75, 3.05) is 19.1 Å². The van der Waals surface area contributed by atoms with Gasteiger partial charge in [0, 0.05) is 37.6 Å². The Labute approximate surface area is 123 Å². The first-order valence-corrected chi connectivity index (χ1v) is 6.53. The topological polar surface area (TPSA) is 35.6 Å². The summed E-state index contributed by atoms with van der Waals surface area (Å²) >= 11 is 5.97. The molecule has 0 amide bonds. The molecule has 0 radical (unpaired) electrons. The van der Waals surface area contributed by atoms with Gasteiger partial charge in [-0.2, -0.15) is 0 Å². The number of rotatable bonds is 4. The fraction of sp³-hybridized carbons (Fsp3) is 0.133. The predicted molar refractivity (Wildman–Crippen MR) is 82.1 cm³/mol. The molecule has 20 heavy (non-hydrogen) atoms. The Bertz CT molecular complexity index is 591. The summed E-state index contributed by atoms with van der Waals surface area (Å²) in [7, 11) is 3.73. The molecule has 0 fully saturated rings. The van der Waals surface area contributed by atoms with Crippen molar-refractivity contribution in [1.82, 2.24) is 10.3 Å². The van der Waals surface area contributed by atoms with Crippen LogP contribution in [-0.4, -0.2) is 24.8 Å². The quantitative estimate of drug-likeness (QED) is 0.865. The molecule has 1 aliphatic rings. The minimum absolute atomic E-state index is 0.0879. The number of carbonyl (C=O) groups excluding carboxylic acids is 1. The predicted octanol–water partition coefficient (Wildman–Crippen LogP) is 2.71. The largest absolute Gasteiger partial charge is 0.383 e. The standard InChI is InChI=1S/C15H16ClN3O/c1-18(2)10-8-15(20)14-7-4-9-19(17-14)13-6-3-5-12(16)11-13/h3-11,17H,1-2H3. The third kappa shape index (κ3) is 3.65. The zero-order valence-electron chi connectivity index (χ0n) is 11.4. The third-order valence-corrected chi connectivity index (χ3v) is 2.85. The number of hydrogen-bond acceptors (Lipinski definition) is 4. The van der Waals surface area contributed by atoms with Gasteiger partial charge in [0.05, 0.1) is 5.69 Å². The van der Waals surface area contributed by atoms with E-state index in [9.17, 15) is 4.79 Å². The molecule has 1 aromatic carbocycles. The minimum atomic E-state index is -0.0879. The summed E-state index contributed by atoms with van der Waals surface area (Å²) in [4.78, 5) is 13.8. The maximum atomic E-state index is 12.0. The fourth-order valence-corrected chi connectivity index (χ4v) is 1.83. The lowest BCUT2D eigenvalue weighted by molar-refractivity contribution is -0.111. The second-order valence-corrected chi connectivity index (χ2v) is 4.96. The molecule has 5 heteroatoms. The van der Waals surface area contributed by atoms with Crippen molar-refractivity contribution in [1.29, 1.82) is 0 Å². The highest BCUT2D eigenvalue weighted by Gasteiger charge is 2.13. The van der Waals surface area contributed by atoms with Crippen LogP contribution in [0.25, 0.3) is 0 Å². The number of anilines is 1. The Morgan fingerprint density at radius 2 is 2.20 bits per heavy atom. The molecule has 1 aromatic rings. The zero-order valence-corrected chi connectivity index (χ0v) is 12.1. The van der Waals surface area contributed by atoms with Crippen molar-refractivity contribution in [3.63, 3.8) is 0 Å². The highest BCUT2D eigenvalue weighted by molar-refractivity contribution is 6.30. The Morgan fingerprint density at radius 1 is 1.40 bits per heavy atom. The number of nitrogens with zero attached hydrogens (tertiary/aromatic N) is 2. The van der Waals surface area contributed by atoms with Crippen LogP contribution in [0.2, 0.25) is 5.02 Å². The number of ketones is 1. The van der Waals surface area contributed by atoms with Crippen LogP contribution in [0.4, 0.5) is 5.69 Å². The lowest BCUT2D eigenvalue weighted by Gasteiger charge is -2.25. The van der Waals surface area contributed by atoms with Gasteiger partial charge in [0.15, 0.2) is 0 Å². The summed E-state index contributed by atoms with van der Waals surface area (Å²) in [6, 6.07) is 7.40. The average Bonchev–Trinajstić information content (AvgIpc) is 2.45. The van der Waals surface area contributed by atoms with E-state index < -0.39 is 0 Å². The summed E-state index contributed by atoms with van der Waals surface area (Å²) in [6.45, 7) is 0. The fourth-order valence-electron chi connectivity index (χ4n) is 1.65. The molecular weight excluding hydrogens is 274 g/mol. The Hall–Kier alpha value is -2.20. The number of hydrazine groups is 1. The lowest BCUT2D eigenvalue weighted by atomic mass is 10.2. The maximum Gasteiger partial charge on any atom is 0.204 e. The summed E-state index contributed by atoms with van der Waals surface area (Å²) in [6.07, 6.45) is 8.62. The molecule has 0 bridgehead atoms. The molecule has 1 aliphatic heterocycles. The van der Waals surface area contributed by atoms with Gasteiger partial charge < -0.3 is 4.90 Å². The van der Waals surface area contributed by atoms with Crippen LogP contribution in [0.5, 0.6) is 0 Å². The lowest BCUT2D eigenvalue weighted by Crippen LogP contribution is -2.37. The molecule has 0 atom stereocenters. The molecule has 1 heterocycles. The van der Waals surface area contributed by atoms with Crippen LogP contribution < -0.4 is 10.4 Å². The van der Waals surface area contributed by atoms with E-state index >= 15 is 0 Å². The SMILES string of the molecule is CN(C)C=CC(=O)C1=CC=CN(c2cccc(Cl)c2)N1. The van der Waals surface area contributed by atoms with Crippen molar-refractivity contribution in [2.45, 2.75) is 0 Å². The smallest absolute Gasteiger partial charge is 0.204 e. The molecule has 0 unspecified atom stereocenters. The number of allylic oxidation sites excluding steroid dienone is 3. The Morgan fingerprint density at radius 3 is 2.90 bits per heavy atom. The van der Waals surface area contributed by atoms with E-state index in [1.165, 1.54) is 6.08 Å². The number of nitrogens with one attached hydrogen (secondary N) is 1. The molecule has 0 spiro atoms. The average molecular weight is 290 g/mol. The first-order chi connectivity index (χ1) is 9.56.